The lowest BCUT2D eigenvalue weighted by Crippen LogP contribution is -2.03. The maximum Gasteiger partial charge on any atom is 0.188 e. The van der Waals surface area contributed by atoms with Gasteiger partial charge in [-0.05, 0) is 23.8 Å². The normalized spacial score (nSPS) is 20.7. The maximum atomic E-state index is 12.8. The number of benzene rings is 1. The van der Waals surface area contributed by atoms with Gasteiger partial charge >= 0.3 is 0 Å². The summed E-state index contributed by atoms with van der Waals surface area (Å²) >= 11 is 0. The highest BCUT2D eigenvalue weighted by Crippen LogP contribution is 2.41. The van der Waals surface area contributed by atoms with E-state index in [0.717, 1.165) is 16.8 Å². The Hall–Kier alpha value is -1.98. The standard InChI is InChI=1S/C15H15FN2O2/c1-19-15-14(20-15)12-6-7-17-9-13(12)18-8-10-2-4-11(16)5-3-10/h2-7,9,14-15,18H,8H2,1H3. The van der Waals surface area contributed by atoms with Gasteiger partial charge in [0.25, 0.3) is 0 Å². The van der Waals surface area contributed by atoms with Crippen molar-refractivity contribution in [3.05, 3.63) is 59.7 Å². The van der Waals surface area contributed by atoms with Crippen LogP contribution in [0.25, 0.3) is 0 Å². The molecule has 0 spiro atoms. The molecule has 0 bridgehead atoms. The molecule has 0 aliphatic carbocycles. The van der Waals surface area contributed by atoms with Gasteiger partial charge in [-0.2, -0.15) is 0 Å². The second-order valence-corrected chi connectivity index (χ2v) is 4.60. The van der Waals surface area contributed by atoms with Gasteiger partial charge in [-0.1, -0.05) is 12.1 Å². The predicted molar refractivity (Wildman–Crippen MR) is 72.6 cm³/mol. The lowest BCUT2D eigenvalue weighted by molar-refractivity contribution is 0.0950. The molecule has 3 rings (SSSR count). The van der Waals surface area contributed by atoms with Gasteiger partial charge in [0, 0.05) is 25.4 Å². The molecule has 5 heteroatoms. The molecule has 1 fully saturated rings. The van der Waals surface area contributed by atoms with Crippen molar-refractivity contribution in [2.24, 2.45) is 0 Å². The van der Waals surface area contributed by atoms with E-state index in [9.17, 15) is 4.39 Å². The molecule has 20 heavy (non-hydrogen) atoms. The van der Waals surface area contributed by atoms with Crippen LogP contribution >= 0.6 is 0 Å². The van der Waals surface area contributed by atoms with Gasteiger partial charge in [0.2, 0.25) is 0 Å². The summed E-state index contributed by atoms with van der Waals surface area (Å²) in [5.41, 5.74) is 2.93. The fraction of sp³-hybridized carbons (Fsp3) is 0.267. The Labute approximate surface area is 116 Å². The number of methoxy groups -OCH3 is 1. The summed E-state index contributed by atoms with van der Waals surface area (Å²) in [6.45, 7) is 0.601. The number of anilines is 1. The smallest absolute Gasteiger partial charge is 0.188 e. The van der Waals surface area contributed by atoms with Gasteiger partial charge in [0.15, 0.2) is 6.29 Å². The van der Waals surface area contributed by atoms with E-state index in [1.807, 2.05) is 6.07 Å². The molecule has 1 N–H and O–H groups in total. The number of hydrogen-bond acceptors (Lipinski definition) is 4. The zero-order valence-electron chi connectivity index (χ0n) is 11.0. The van der Waals surface area contributed by atoms with Gasteiger partial charge in [0.05, 0.1) is 11.9 Å². The Morgan fingerprint density at radius 1 is 1.30 bits per heavy atom. The Morgan fingerprint density at radius 3 is 2.80 bits per heavy atom. The lowest BCUT2D eigenvalue weighted by Gasteiger charge is -2.10. The molecule has 0 saturated carbocycles. The second kappa shape index (κ2) is 5.56. The summed E-state index contributed by atoms with van der Waals surface area (Å²) in [5.74, 6) is -0.231. The van der Waals surface area contributed by atoms with Crippen LogP contribution in [0.2, 0.25) is 0 Å². The Kier molecular flexibility index (Phi) is 3.62. The van der Waals surface area contributed by atoms with Crippen LogP contribution < -0.4 is 5.32 Å². The predicted octanol–water partition coefficient (Wildman–Crippen LogP) is 2.88. The van der Waals surface area contributed by atoms with E-state index < -0.39 is 0 Å². The summed E-state index contributed by atoms with van der Waals surface area (Å²) in [5, 5.41) is 3.29. The van der Waals surface area contributed by atoms with Crippen LogP contribution in [0, 0.1) is 5.82 Å². The van der Waals surface area contributed by atoms with E-state index in [0.29, 0.717) is 6.54 Å². The molecule has 1 aliphatic heterocycles. The van der Waals surface area contributed by atoms with Crippen LogP contribution in [0.15, 0.2) is 42.7 Å². The van der Waals surface area contributed by atoms with E-state index in [4.69, 9.17) is 9.47 Å². The van der Waals surface area contributed by atoms with E-state index >= 15 is 0 Å². The third kappa shape index (κ3) is 2.79. The fourth-order valence-corrected chi connectivity index (χ4v) is 2.10. The lowest BCUT2D eigenvalue weighted by atomic mass is 10.1. The summed E-state index contributed by atoms with van der Waals surface area (Å²) in [7, 11) is 1.62. The van der Waals surface area contributed by atoms with Crippen LogP contribution in [0.3, 0.4) is 0 Å². The van der Waals surface area contributed by atoms with Gasteiger partial charge in [-0.3, -0.25) is 4.98 Å². The molecule has 2 aromatic rings. The molecular weight excluding hydrogens is 259 g/mol. The summed E-state index contributed by atoms with van der Waals surface area (Å²) in [6.07, 6.45) is 3.27. The quantitative estimate of drug-likeness (QED) is 0.852. The topological polar surface area (TPSA) is 46.7 Å². The first-order valence-electron chi connectivity index (χ1n) is 6.38. The molecule has 104 valence electrons. The van der Waals surface area contributed by atoms with Gasteiger partial charge < -0.3 is 14.8 Å². The number of ether oxygens (including phenoxy) is 2. The molecule has 1 aliphatic rings. The molecule has 2 unspecified atom stereocenters. The van der Waals surface area contributed by atoms with E-state index in [2.05, 4.69) is 10.3 Å². The minimum absolute atomic E-state index is 0.0429. The molecular formula is C15H15FN2O2. The zero-order chi connectivity index (χ0) is 13.9. The Balaban J connectivity index is 1.70. The molecule has 4 nitrogen and oxygen atoms in total. The van der Waals surface area contributed by atoms with Crippen molar-refractivity contribution in [3.8, 4) is 0 Å². The van der Waals surface area contributed by atoms with Crippen molar-refractivity contribution < 1.29 is 13.9 Å². The van der Waals surface area contributed by atoms with Gasteiger partial charge in [-0.15, -0.1) is 0 Å². The molecule has 0 radical (unpaired) electrons. The number of nitrogens with zero attached hydrogens (tertiary/aromatic N) is 1. The Bertz CT molecular complexity index is 589. The van der Waals surface area contributed by atoms with Crippen LogP contribution in [0.1, 0.15) is 17.2 Å². The first kappa shape index (κ1) is 13.0. The zero-order valence-corrected chi connectivity index (χ0v) is 11.0. The average Bonchev–Trinajstić information content (AvgIpc) is 3.26. The van der Waals surface area contributed by atoms with Crippen molar-refractivity contribution >= 4 is 5.69 Å². The molecule has 1 saturated heterocycles. The number of epoxide rings is 1. The molecule has 2 heterocycles. The number of halogens is 1. The monoisotopic (exact) mass is 274 g/mol. The molecule has 1 aromatic heterocycles. The SMILES string of the molecule is COC1OC1c1ccncc1NCc1ccc(F)cc1. The average molecular weight is 274 g/mol. The van der Waals surface area contributed by atoms with E-state index in [1.165, 1.54) is 12.1 Å². The molecule has 2 atom stereocenters. The third-order valence-corrected chi connectivity index (χ3v) is 3.24. The fourth-order valence-electron chi connectivity index (χ4n) is 2.10. The number of aromatic nitrogens is 1. The van der Waals surface area contributed by atoms with Crippen molar-refractivity contribution in [1.82, 2.24) is 4.98 Å². The molecule has 1 aromatic carbocycles. The van der Waals surface area contributed by atoms with Gasteiger partial charge in [-0.25, -0.2) is 4.39 Å². The van der Waals surface area contributed by atoms with Crippen molar-refractivity contribution in [2.45, 2.75) is 18.9 Å². The van der Waals surface area contributed by atoms with Crippen molar-refractivity contribution in [2.75, 3.05) is 12.4 Å². The first-order valence-corrected chi connectivity index (χ1v) is 6.38. The third-order valence-electron chi connectivity index (χ3n) is 3.24. The largest absolute Gasteiger partial charge is 0.379 e. The second-order valence-electron chi connectivity index (χ2n) is 4.60. The highest BCUT2D eigenvalue weighted by molar-refractivity contribution is 5.51. The number of pyridine rings is 1. The summed E-state index contributed by atoms with van der Waals surface area (Å²) in [4.78, 5) is 4.11. The Morgan fingerprint density at radius 2 is 2.10 bits per heavy atom. The number of nitrogens with one attached hydrogen (secondary N) is 1. The van der Waals surface area contributed by atoms with E-state index in [-0.39, 0.29) is 18.2 Å². The van der Waals surface area contributed by atoms with Crippen LogP contribution in [-0.4, -0.2) is 18.4 Å². The number of hydrogen-bond donors (Lipinski definition) is 1. The van der Waals surface area contributed by atoms with Crippen LogP contribution in [0.4, 0.5) is 10.1 Å². The highest BCUT2D eigenvalue weighted by atomic mass is 19.1. The van der Waals surface area contributed by atoms with Crippen molar-refractivity contribution in [1.29, 1.82) is 0 Å². The minimum Gasteiger partial charge on any atom is -0.379 e. The molecule has 0 amide bonds. The highest BCUT2D eigenvalue weighted by Gasteiger charge is 2.41. The van der Waals surface area contributed by atoms with Gasteiger partial charge in [0.1, 0.15) is 11.9 Å². The first-order chi connectivity index (χ1) is 9.78. The minimum atomic E-state index is -0.231. The van der Waals surface area contributed by atoms with E-state index in [1.54, 1.807) is 31.6 Å². The number of rotatable bonds is 5. The van der Waals surface area contributed by atoms with Crippen LogP contribution in [-0.2, 0) is 16.0 Å². The van der Waals surface area contributed by atoms with Crippen molar-refractivity contribution in [3.63, 3.8) is 0 Å². The van der Waals surface area contributed by atoms with Crippen LogP contribution in [0.5, 0.6) is 0 Å². The summed E-state index contributed by atoms with van der Waals surface area (Å²) < 4.78 is 23.4. The summed E-state index contributed by atoms with van der Waals surface area (Å²) in [6, 6.07) is 8.32. The maximum absolute atomic E-state index is 12.8.